The second-order valence-electron chi connectivity index (χ2n) is 3.86. The molecule has 0 saturated heterocycles. The minimum absolute atomic E-state index is 0.236. The Kier molecular flexibility index (Phi) is 2.96. The molecule has 0 spiro atoms. The van der Waals surface area contributed by atoms with Gasteiger partial charge >= 0.3 is 0 Å². The molecule has 3 heteroatoms. The van der Waals surface area contributed by atoms with Gasteiger partial charge in [-0.15, -0.1) is 11.6 Å². The number of alkyl halides is 1. The summed E-state index contributed by atoms with van der Waals surface area (Å²) in [6, 6.07) is 6.41. The highest BCUT2D eigenvalue weighted by atomic mass is 35.5. The van der Waals surface area contributed by atoms with Gasteiger partial charge in [0.1, 0.15) is 17.2 Å². The van der Waals surface area contributed by atoms with Gasteiger partial charge in [0, 0.05) is 17.7 Å². The van der Waals surface area contributed by atoms with Crippen LogP contribution in [0.1, 0.15) is 12.7 Å². The van der Waals surface area contributed by atoms with Crippen LogP contribution in [-0.4, -0.2) is 5.88 Å². The molecule has 2 rings (SSSR count). The average Bonchev–Trinajstić information content (AvgIpc) is 2.59. The minimum atomic E-state index is -0.236. The van der Waals surface area contributed by atoms with Crippen molar-refractivity contribution in [2.75, 3.05) is 5.88 Å². The molecule has 1 unspecified atom stereocenters. The predicted molar refractivity (Wildman–Crippen MR) is 59.8 cm³/mol. The molecule has 0 saturated carbocycles. The first-order valence-corrected chi connectivity index (χ1v) is 5.46. The Morgan fingerprint density at radius 3 is 2.93 bits per heavy atom. The van der Waals surface area contributed by atoms with Crippen LogP contribution in [0.5, 0.6) is 0 Å². The predicted octanol–water partition coefficient (Wildman–Crippen LogP) is 3.99. The van der Waals surface area contributed by atoms with E-state index in [1.165, 1.54) is 12.1 Å². The normalized spacial score (nSPS) is 13.3. The molecule has 0 amide bonds. The van der Waals surface area contributed by atoms with E-state index in [0.29, 0.717) is 11.8 Å². The van der Waals surface area contributed by atoms with Crippen LogP contribution in [0.2, 0.25) is 0 Å². The third kappa shape index (κ3) is 2.32. The summed E-state index contributed by atoms with van der Waals surface area (Å²) in [5.41, 5.74) is 0.730. The van der Waals surface area contributed by atoms with E-state index in [1.807, 2.05) is 6.07 Å². The molecule has 0 fully saturated rings. The van der Waals surface area contributed by atoms with Crippen LogP contribution >= 0.6 is 11.6 Å². The van der Waals surface area contributed by atoms with Crippen LogP contribution < -0.4 is 0 Å². The molecule has 80 valence electrons. The van der Waals surface area contributed by atoms with Gasteiger partial charge in [0.05, 0.1) is 0 Å². The van der Waals surface area contributed by atoms with Crippen LogP contribution in [0, 0.1) is 11.7 Å². The van der Waals surface area contributed by atoms with E-state index in [0.717, 1.165) is 23.2 Å². The van der Waals surface area contributed by atoms with Crippen LogP contribution in [0.3, 0.4) is 0 Å². The van der Waals surface area contributed by atoms with E-state index in [4.69, 9.17) is 16.0 Å². The standard InChI is InChI=1S/C12H12ClFO/c1-8(7-13)4-11-6-9-5-10(14)2-3-12(9)15-11/h2-3,5-6,8H,4,7H2,1H3. The highest BCUT2D eigenvalue weighted by Crippen LogP contribution is 2.22. The summed E-state index contributed by atoms with van der Waals surface area (Å²) >= 11 is 5.72. The zero-order chi connectivity index (χ0) is 10.8. The van der Waals surface area contributed by atoms with E-state index in [-0.39, 0.29) is 5.82 Å². The van der Waals surface area contributed by atoms with Crippen molar-refractivity contribution in [2.45, 2.75) is 13.3 Å². The molecule has 1 heterocycles. The first kappa shape index (κ1) is 10.5. The van der Waals surface area contributed by atoms with Gasteiger partial charge in [-0.2, -0.15) is 0 Å². The van der Waals surface area contributed by atoms with Crippen molar-refractivity contribution in [3.05, 3.63) is 35.8 Å². The molecule has 0 aliphatic heterocycles. The summed E-state index contributed by atoms with van der Waals surface area (Å²) in [6.45, 7) is 2.06. The molecule has 0 aliphatic rings. The van der Waals surface area contributed by atoms with Gasteiger partial charge in [0.25, 0.3) is 0 Å². The SMILES string of the molecule is CC(CCl)Cc1cc2cc(F)ccc2o1. The first-order chi connectivity index (χ1) is 7.19. The summed E-state index contributed by atoms with van der Waals surface area (Å²) in [5, 5.41) is 0.812. The van der Waals surface area contributed by atoms with Gasteiger partial charge in [-0.1, -0.05) is 6.92 Å². The lowest BCUT2D eigenvalue weighted by atomic mass is 10.1. The van der Waals surface area contributed by atoms with E-state index in [2.05, 4.69) is 6.92 Å². The Morgan fingerprint density at radius 1 is 1.40 bits per heavy atom. The van der Waals surface area contributed by atoms with Crippen molar-refractivity contribution >= 4 is 22.6 Å². The van der Waals surface area contributed by atoms with E-state index < -0.39 is 0 Å². The van der Waals surface area contributed by atoms with Gasteiger partial charge in [-0.3, -0.25) is 0 Å². The molecular formula is C12H12ClFO. The fourth-order valence-corrected chi connectivity index (χ4v) is 1.68. The summed E-state index contributed by atoms with van der Waals surface area (Å²) in [4.78, 5) is 0. The maximum Gasteiger partial charge on any atom is 0.134 e. The lowest BCUT2D eigenvalue weighted by Gasteiger charge is -2.02. The largest absolute Gasteiger partial charge is 0.461 e. The smallest absolute Gasteiger partial charge is 0.134 e. The van der Waals surface area contributed by atoms with Gasteiger partial charge in [-0.05, 0) is 30.2 Å². The third-order valence-corrected chi connectivity index (χ3v) is 2.87. The van der Waals surface area contributed by atoms with Crippen molar-refractivity contribution in [2.24, 2.45) is 5.92 Å². The van der Waals surface area contributed by atoms with Crippen molar-refractivity contribution in [1.29, 1.82) is 0 Å². The molecule has 0 N–H and O–H groups in total. The highest BCUT2D eigenvalue weighted by Gasteiger charge is 2.08. The van der Waals surface area contributed by atoms with Crippen LogP contribution in [-0.2, 0) is 6.42 Å². The fraction of sp³-hybridized carbons (Fsp3) is 0.333. The number of fused-ring (bicyclic) bond motifs is 1. The van der Waals surface area contributed by atoms with E-state index in [9.17, 15) is 4.39 Å². The molecule has 0 bridgehead atoms. The minimum Gasteiger partial charge on any atom is -0.461 e. The summed E-state index contributed by atoms with van der Waals surface area (Å²) in [6.07, 6.45) is 0.791. The summed E-state index contributed by atoms with van der Waals surface area (Å²) in [5.74, 6) is 1.60. The van der Waals surface area contributed by atoms with Gasteiger partial charge in [-0.25, -0.2) is 4.39 Å². The van der Waals surface area contributed by atoms with Crippen LogP contribution in [0.15, 0.2) is 28.7 Å². The Hall–Kier alpha value is -1.02. The van der Waals surface area contributed by atoms with Crippen molar-refractivity contribution in [3.63, 3.8) is 0 Å². The van der Waals surface area contributed by atoms with Gasteiger partial charge in [0.15, 0.2) is 0 Å². The van der Waals surface area contributed by atoms with E-state index in [1.54, 1.807) is 6.07 Å². The highest BCUT2D eigenvalue weighted by molar-refractivity contribution is 6.18. The first-order valence-electron chi connectivity index (χ1n) is 4.93. The quantitative estimate of drug-likeness (QED) is 0.722. The maximum atomic E-state index is 12.9. The summed E-state index contributed by atoms with van der Waals surface area (Å²) < 4.78 is 18.5. The molecule has 1 nitrogen and oxygen atoms in total. The van der Waals surface area contributed by atoms with Crippen molar-refractivity contribution in [3.8, 4) is 0 Å². The lowest BCUT2D eigenvalue weighted by molar-refractivity contribution is 0.501. The van der Waals surface area contributed by atoms with Gasteiger partial charge < -0.3 is 4.42 Å². The Balaban J connectivity index is 2.30. The van der Waals surface area contributed by atoms with Crippen LogP contribution in [0.25, 0.3) is 11.0 Å². The average molecular weight is 227 g/mol. The molecule has 0 radical (unpaired) electrons. The zero-order valence-corrected chi connectivity index (χ0v) is 9.22. The van der Waals surface area contributed by atoms with Crippen LogP contribution in [0.4, 0.5) is 4.39 Å². The van der Waals surface area contributed by atoms with Gasteiger partial charge in [0.2, 0.25) is 0 Å². The molecule has 1 aromatic carbocycles. The lowest BCUT2D eigenvalue weighted by Crippen LogP contribution is -1.99. The summed E-state index contributed by atoms with van der Waals surface area (Å²) in [7, 11) is 0. The Bertz CT molecular complexity index is 464. The third-order valence-electron chi connectivity index (χ3n) is 2.34. The van der Waals surface area contributed by atoms with E-state index >= 15 is 0 Å². The Morgan fingerprint density at radius 2 is 2.20 bits per heavy atom. The number of rotatable bonds is 3. The molecule has 1 aromatic heterocycles. The number of furan rings is 1. The molecule has 0 aliphatic carbocycles. The maximum absolute atomic E-state index is 12.9. The number of benzene rings is 1. The monoisotopic (exact) mass is 226 g/mol. The number of halogens is 2. The fourth-order valence-electron chi connectivity index (χ4n) is 1.57. The van der Waals surface area contributed by atoms with Crippen molar-refractivity contribution in [1.82, 2.24) is 0 Å². The number of hydrogen-bond acceptors (Lipinski definition) is 1. The molecule has 1 atom stereocenters. The topological polar surface area (TPSA) is 13.1 Å². The van der Waals surface area contributed by atoms with Crippen molar-refractivity contribution < 1.29 is 8.81 Å². The second-order valence-corrected chi connectivity index (χ2v) is 4.17. The zero-order valence-electron chi connectivity index (χ0n) is 8.47. The number of hydrogen-bond donors (Lipinski definition) is 0. The Labute approximate surface area is 92.8 Å². The molecular weight excluding hydrogens is 215 g/mol. The second kappa shape index (κ2) is 4.23. The molecule has 2 aromatic rings. The molecule has 15 heavy (non-hydrogen) atoms.